The Labute approximate surface area is 111 Å². The van der Waals surface area contributed by atoms with Crippen LogP contribution in [0.1, 0.15) is 19.4 Å². The fourth-order valence-electron chi connectivity index (χ4n) is 1.37. The molecule has 1 atom stereocenters. The topological polar surface area (TPSA) is 94.1 Å². The lowest BCUT2D eigenvalue weighted by molar-refractivity contribution is -0.122. The summed E-state index contributed by atoms with van der Waals surface area (Å²) in [5, 5.41) is 11.8. The van der Waals surface area contributed by atoms with Crippen LogP contribution >= 0.6 is 0 Å². The minimum Gasteiger partial charge on any atom is -0.493 e. The van der Waals surface area contributed by atoms with Gasteiger partial charge in [0.1, 0.15) is 0 Å². The summed E-state index contributed by atoms with van der Waals surface area (Å²) >= 11 is 0. The van der Waals surface area contributed by atoms with E-state index < -0.39 is 5.91 Å². The molecule has 104 valence electrons. The van der Waals surface area contributed by atoms with E-state index in [0.29, 0.717) is 17.2 Å². The summed E-state index contributed by atoms with van der Waals surface area (Å²) in [5.41, 5.74) is 6.34. The Morgan fingerprint density at radius 1 is 1.47 bits per heavy atom. The zero-order valence-corrected chi connectivity index (χ0v) is 11.2. The first kappa shape index (κ1) is 14.8. The third kappa shape index (κ3) is 3.87. The van der Waals surface area contributed by atoms with Gasteiger partial charge in [0.05, 0.1) is 25.3 Å². The number of hydrogen-bond acceptors (Lipinski definition) is 5. The van der Waals surface area contributed by atoms with E-state index in [1.54, 1.807) is 32.0 Å². The lowest BCUT2D eigenvalue weighted by Gasteiger charge is -2.14. The van der Waals surface area contributed by atoms with Gasteiger partial charge in [0.2, 0.25) is 5.91 Å². The summed E-state index contributed by atoms with van der Waals surface area (Å²) < 4.78 is 10.7. The van der Waals surface area contributed by atoms with Gasteiger partial charge >= 0.3 is 0 Å². The highest BCUT2D eigenvalue weighted by molar-refractivity contribution is 5.98. The molecule has 0 bridgehead atoms. The molecule has 0 radical (unpaired) electrons. The van der Waals surface area contributed by atoms with Crippen LogP contribution in [0.3, 0.4) is 0 Å². The van der Waals surface area contributed by atoms with Crippen molar-refractivity contribution in [3.05, 3.63) is 23.8 Å². The first-order valence-corrected chi connectivity index (χ1v) is 5.78. The summed E-state index contributed by atoms with van der Waals surface area (Å²) in [6, 6.07) is 5.12. The number of nitrogens with two attached hydrogens (primary N) is 1. The molecular formula is C13H18N2O4. The molecule has 0 aliphatic carbocycles. The van der Waals surface area contributed by atoms with E-state index in [1.165, 1.54) is 7.11 Å². The number of nitrogens with zero attached hydrogens (tertiary/aromatic N) is 1. The number of methoxy groups -OCH3 is 1. The van der Waals surface area contributed by atoms with Crippen LogP contribution in [0.4, 0.5) is 0 Å². The van der Waals surface area contributed by atoms with E-state index in [4.69, 9.17) is 20.4 Å². The molecule has 0 heterocycles. The Hall–Kier alpha value is -2.24. The molecule has 0 spiro atoms. The van der Waals surface area contributed by atoms with Crippen molar-refractivity contribution in [2.75, 3.05) is 13.7 Å². The van der Waals surface area contributed by atoms with Crippen LogP contribution in [0.15, 0.2) is 23.4 Å². The van der Waals surface area contributed by atoms with Gasteiger partial charge in [-0.15, -0.1) is 0 Å². The van der Waals surface area contributed by atoms with Crippen LogP contribution in [0, 0.1) is 5.92 Å². The second-order valence-electron chi connectivity index (χ2n) is 4.17. The van der Waals surface area contributed by atoms with E-state index in [2.05, 4.69) is 5.16 Å². The molecule has 0 saturated heterocycles. The number of primary amides is 1. The molecule has 6 nitrogen and oxygen atoms in total. The standard InChI is InChI=1S/C13H18N2O4/c1-8(13(14)16)7-19-11-5-4-10(9(2)15-17)6-12(11)18-3/h4-6,8,17H,7H2,1-3H3,(H2,14,16)/b15-9+. The van der Waals surface area contributed by atoms with Crippen molar-refractivity contribution in [2.24, 2.45) is 16.8 Å². The van der Waals surface area contributed by atoms with Gasteiger partial charge in [-0.05, 0) is 25.1 Å². The number of amides is 1. The number of benzene rings is 1. The highest BCUT2D eigenvalue weighted by atomic mass is 16.5. The van der Waals surface area contributed by atoms with Crippen LogP contribution in [0.2, 0.25) is 0 Å². The summed E-state index contributed by atoms with van der Waals surface area (Å²) in [6.45, 7) is 3.54. The van der Waals surface area contributed by atoms with Crippen molar-refractivity contribution in [1.82, 2.24) is 0 Å². The molecule has 1 amide bonds. The quantitative estimate of drug-likeness (QED) is 0.462. The molecule has 1 aromatic carbocycles. The van der Waals surface area contributed by atoms with Gasteiger partial charge in [-0.3, -0.25) is 4.79 Å². The second kappa shape index (κ2) is 6.63. The van der Waals surface area contributed by atoms with Crippen molar-refractivity contribution in [1.29, 1.82) is 0 Å². The predicted molar refractivity (Wildman–Crippen MR) is 70.8 cm³/mol. The van der Waals surface area contributed by atoms with E-state index in [-0.39, 0.29) is 12.5 Å². The average Bonchev–Trinajstić information content (AvgIpc) is 2.43. The molecule has 0 fully saturated rings. The normalized spacial score (nSPS) is 12.9. The summed E-state index contributed by atoms with van der Waals surface area (Å²) in [4.78, 5) is 10.9. The van der Waals surface area contributed by atoms with E-state index >= 15 is 0 Å². The van der Waals surface area contributed by atoms with Crippen LogP contribution in [-0.4, -0.2) is 30.5 Å². The average molecular weight is 266 g/mol. The van der Waals surface area contributed by atoms with Gasteiger partial charge in [-0.25, -0.2) is 0 Å². The summed E-state index contributed by atoms with van der Waals surface area (Å²) in [6.07, 6.45) is 0. The minimum absolute atomic E-state index is 0.179. The van der Waals surface area contributed by atoms with Gasteiger partial charge in [-0.1, -0.05) is 12.1 Å². The van der Waals surface area contributed by atoms with Gasteiger partial charge in [0.25, 0.3) is 0 Å². The number of rotatable bonds is 6. The van der Waals surface area contributed by atoms with Crippen LogP contribution < -0.4 is 15.2 Å². The Kier molecular flexibility index (Phi) is 5.17. The highest BCUT2D eigenvalue weighted by Gasteiger charge is 2.12. The maximum atomic E-state index is 10.9. The predicted octanol–water partition coefficient (Wildman–Crippen LogP) is 1.39. The SMILES string of the molecule is COc1cc(/C(C)=N/O)ccc1OCC(C)C(N)=O. The maximum Gasteiger partial charge on any atom is 0.223 e. The van der Waals surface area contributed by atoms with Crippen molar-refractivity contribution in [3.8, 4) is 11.5 Å². The molecule has 0 aromatic heterocycles. The van der Waals surface area contributed by atoms with Crippen LogP contribution in [-0.2, 0) is 4.79 Å². The summed E-state index contributed by atoms with van der Waals surface area (Å²) in [5.74, 6) is 0.200. The zero-order chi connectivity index (χ0) is 14.4. The number of carbonyl (C=O) groups is 1. The minimum atomic E-state index is -0.418. The van der Waals surface area contributed by atoms with Crippen molar-refractivity contribution in [3.63, 3.8) is 0 Å². The molecule has 1 aromatic rings. The number of oxime groups is 1. The molecule has 6 heteroatoms. The molecule has 1 rings (SSSR count). The van der Waals surface area contributed by atoms with E-state index in [9.17, 15) is 4.79 Å². The Morgan fingerprint density at radius 2 is 2.16 bits per heavy atom. The lowest BCUT2D eigenvalue weighted by atomic mass is 10.1. The third-order valence-electron chi connectivity index (χ3n) is 2.71. The lowest BCUT2D eigenvalue weighted by Crippen LogP contribution is -2.25. The Bertz CT molecular complexity index is 486. The molecule has 3 N–H and O–H groups in total. The fraction of sp³-hybridized carbons (Fsp3) is 0.385. The molecule has 0 saturated carbocycles. The zero-order valence-electron chi connectivity index (χ0n) is 11.2. The van der Waals surface area contributed by atoms with E-state index in [1.807, 2.05) is 0 Å². The third-order valence-corrected chi connectivity index (χ3v) is 2.71. The number of carbonyl (C=O) groups excluding carboxylic acids is 1. The van der Waals surface area contributed by atoms with Gasteiger partial charge in [0.15, 0.2) is 11.5 Å². The highest BCUT2D eigenvalue weighted by Crippen LogP contribution is 2.28. The number of ether oxygens (including phenoxy) is 2. The van der Waals surface area contributed by atoms with Crippen LogP contribution in [0.5, 0.6) is 11.5 Å². The largest absolute Gasteiger partial charge is 0.493 e. The van der Waals surface area contributed by atoms with E-state index in [0.717, 1.165) is 5.56 Å². The molecule has 1 unspecified atom stereocenters. The van der Waals surface area contributed by atoms with Gasteiger partial charge in [-0.2, -0.15) is 0 Å². The monoisotopic (exact) mass is 266 g/mol. The van der Waals surface area contributed by atoms with Gasteiger partial charge in [0, 0.05) is 5.56 Å². The molecule has 19 heavy (non-hydrogen) atoms. The Balaban J connectivity index is 2.88. The van der Waals surface area contributed by atoms with Crippen molar-refractivity contribution < 1.29 is 19.5 Å². The smallest absolute Gasteiger partial charge is 0.223 e. The fourth-order valence-corrected chi connectivity index (χ4v) is 1.37. The Morgan fingerprint density at radius 3 is 2.68 bits per heavy atom. The van der Waals surface area contributed by atoms with Crippen molar-refractivity contribution in [2.45, 2.75) is 13.8 Å². The van der Waals surface area contributed by atoms with Crippen LogP contribution in [0.25, 0.3) is 0 Å². The number of hydrogen-bond donors (Lipinski definition) is 2. The maximum absolute atomic E-state index is 10.9. The van der Waals surface area contributed by atoms with Crippen molar-refractivity contribution >= 4 is 11.6 Å². The molecule has 0 aliphatic heterocycles. The first-order valence-electron chi connectivity index (χ1n) is 5.78. The van der Waals surface area contributed by atoms with Gasteiger partial charge < -0.3 is 20.4 Å². The summed E-state index contributed by atoms with van der Waals surface area (Å²) in [7, 11) is 1.51. The second-order valence-corrected chi connectivity index (χ2v) is 4.17. The molecular weight excluding hydrogens is 248 g/mol. The first-order chi connectivity index (χ1) is 8.99. The molecule has 0 aliphatic rings.